The van der Waals surface area contributed by atoms with Gasteiger partial charge in [0.25, 0.3) is 11.4 Å². The van der Waals surface area contributed by atoms with E-state index >= 15 is 0 Å². The molecule has 16 unspecified atom stereocenters. The van der Waals surface area contributed by atoms with E-state index in [0.29, 0.717) is 32.1 Å². The fraction of sp³-hybridized carbons (Fsp3) is 0.766. The molecule has 0 aliphatic carbocycles. The van der Waals surface area contributed by atoms with Gasteiger partial charge in [0, 0.05) is 63.0 Å². The average molecular weight is 1960 g/mol. The number of carbonyl (C=O) groups is 6. The van der Waals surface area contributed by atoms with Crippen LogP contribution in [0.15, 0.2) is 48.5 Å². The molecule has 8 aliphatic heterocycles. The van der Waals surface area contributed by atoms with Gasteiger partial charge in [-0.25, -0.2) is 9.59 Å². The smallest absolute Gasteiger partial charge is 0.335 e. The molecular weight excluding hydrogens is 1840 g/mol. The summed E-state index contributed by atoms with van der Waals surface area (Å²) >= 11 is 0. The lowest BCUT2D eigenvalue weighted by Crippen LogP contribution is -2.67. The number of carbonyl (C=O) groups excluding carboxylic acids is 4. The highest BCUT2D eigenvalue weighted by Crippen LogP contribution is 2.39. The number of aliphatic carboxylic acids is 2. The van der Waals surface area contributed by atoms with Gasteiger partial charge in [-0.3, -0.25) is 34.6 Å². The van der Waals surface area contributed by atoms with E-state index < -0.39 is 319 Å². The molecule has 40 atom stereocenters. The predicted molar refractivity (Wildman–Crippen MR) is 423 cm³/mol. The van der Waals surface area contributed by atoms with Crippen molar-refractivity contribution >= 4 is 46.9 Å². The van der Waals surface area contributed by atoms with Crippen molar-refractivity contribution in [2.75, 3.05) is 65.9 Å². The molecule has 0 spiro atoms. The highest BCUT2D eigenvalue weighted by atomic mass is 16.8. The number of nitrogens with one attached hydrogen (secondary N) is 1. The summed E-state index contributed by atoms with van der Waals surface area (Å²) in [6.45, 7) is -4.14. The maximum atomic E-state index is 12.0. The van der Waals surface area contributed by atoms with Gasteiger partial charge in [0.05, 0.1) is 62.7 Å². The van der Waals surface area contributed by atoms with Gasteiger partial charge in [0.1, 0.15) is 200 Å². The zero-order chi connectivity index (χ0) is 99.8. The summed E-state index contributed by atoms with van der Waals surface area (Å²) < 4.78 is 97.1. The number of carboxylic acids is 2. The number of ether oxygens (including phenoxy) is 18. The largest absolute Gasteiger partial charge is 0.479 e. The lowest BCUT2D eigenvalue weighted by Gasteiger charge is -2.49. The maximum absolute atomic E-state index is 12.0. The van der Waals surface area contributed by atoms with Crippen molar-refractivity contribution in [3.05, 3.63) is 68.8 Å². The van der Waals surface area contributed by atoms with Crippen molar-refractivity contribution in [2.24, 2.45) is 5.73 Å². The quantitative estimate of drug-likeness (QED) is 0.00966. The number of Topliss-reactive ketones (excluding diaryl/α,β-unsaturated/α-hetero) is 1. The molecule has 8 saturated heterocycles. The van der Waals surface area contributed by atoms with Crippen molar-refractivity contribution in [1.82, 2.24) is 5.32 Å². The molecule has 58 heteroatoms. The molecular formula is C77H116N4O54. The van der Waals surface area contributed by atoms with Crippen molar-refractivity contribution in [1.29, 1.82) is 0 Å². The zero-order valence-electron chi connectivity index (χ0n) is 71.5. The molecule has 8 heterocycles. The third-order valence-corrected chi connectivity index (χ3v) is 22.2. The van der Waals surface area contributed by atoms with Crippen molar-refractivity contribution in [2.45, 2.75) is 304 Å². The predicted octanol–water partition coefficient (Wildman–Crippen LogP) is -14.5. The number of amides is 1. The number of nitro groups is 2. The number of unbranched alkanes of at least 4 members (excludes halogenated alkanes) is 2. The number of non-ortho nitro benzene ring substituents is 2. The Labute approximate surface area is 762 Å². The highest BCUT2D eigenvalue weighted by Gasteiger charge is 2.60. The topological polar surface area (TPSA) is 919 Å². The number of hydrogen-bond donors (Lipinski definition) is 28. The molecule has 0 aromatic heterocycles. The van der Waals surface area contributed by atoms with Crippen LogP contribution < -0.4 is 20.5 Å². The molecule has 0 bridgehead atoms. The summed E-state index contributed by atoms with van der Waals surface area (Å²) in [6.07, 6.45) is -71.7. The van der Waals surface area contributed by atoms with Crippen LogP contribution in [0, 0.1) is 20.2 Å². The minimum atomic E-state index is -2.12. The second kappa shape index (κ2) is 53.3. The van der Waals surface area contributed by atoms with Crippen LogP contribution in [0.2, 0.25) is 0 Å². The zero-order valence-corrected chi connectivity index (χ0v) is 71.5. The second-order valence-electron chi connectivity index (χ2n) is 31.8. The van der Waals surface area contributed by atoms with Gasteiger partial charge < -0.3 is 234 Å². The van der Waals surface area contributed by atoms with Gasteiger partial charge in [0.2, 0.25) is 5.91 Å². The summed E-state index contributed by atoms with van der Waals surface area (Å²) in [5.74, 6) is -4.37. The van der Waals surface area contributed by atoms with Gasteiger partial charge in [-0.15, -0.1) is 0 Å². The van der Waals surface area contributed by atoms with Crippen LogP contribution in [-0.2, 0) is 105 Å². The molecule has 10 rings (SSSR count). The summed E-state index contributed by atoms with van der Waals surface area (Å²) in [5.41, 5.74) is 5.16. The van der Waals surface area contributed by atoms with E-state index in [0.717, 1.165) is 0 Å². The summed E-state index contributed by atoms with van der Waals surface area (Å²) in [6, 6.07) is 10.3. The van der Waals surface area contributed by atoms with Gasteiger partial charge in [-0.05, 0) is 56.9 Å². The highest BCUT2D eigenvalue weighted by molar-refractivity contribution is 5.77. The minimum Gasteiger partial charge on any atom is -0.479 e. The van der Waals surface area contributed by atoms with Crippen LogP contribution in [0.25, 0.3) is 0 Å². The lowest BCUT2D eigenvalue weighted by molar-refractivity contribution is -0.387. The van der Waals surface area contributed by atoms with E-state index in [1.165, 1.54) is 55.5 Å². The lowest BCUT2D eigenvalue weighted by atomic mass is 9.95. The fourth-order valence-electron chi connectivity index (χ4n) is 14.8. The number of hydrogen-bond acceptors (Lipinski definition) is 53. The summed E-state index contributed by atoms with van der Waals surface area (Å²) in [5, 5.41) is 293. The molecule has 8 fully saturated rings. The van der Waals surface area contributed by atoms with Gasteiger partial charge in [-0.1, -0.05) is 0 Å². The minimum absolute atomic E-state index is 0.00800. The standard InChI is InChI=1S/C33H55NO24.C26H45NO22.C18H16N2O8/c1-11(38)4-2-3-5-15(39)34-6-7-51-30-22(46)18(42)25(12(8-35)52-30)55-31-23(47)19(43)26(13(9-36)53-31)56-32-24(48)20(44)27(14(10-37)54-32)57-33-21(45)16(40)17(41)28(58-33)29(49)50;27-1-2-42-23-15(37)11(33)18(6(3-28)43-23)46-24-16(38)12(34)19(7(4-29)44-24)47-25-17(39)13(35)20(8(5-30)45-25)48-26-14(36)9(31)10(32)21(49-26)22(40)41;21-17(27-15-9-5-13(6-10-15)19(23)24)3-1-2-4-18(22)28-16-11-7-14(8-12-16)20(25)26/h12-14,16-28,30-33,35-37,40-48H,2-10H2,1H3,(H,34,39)(H,49,50);6-21,23-26,28-39H,1-5,27H2,(H,40,41);5-12H,1-4H2/t12?,13?,14?,16-,17-,18+,19+,20+,21?,22?,23?,24?,25-,26+,27+,28?,30-,31+,32-,33+;6?,7?,8?,9-,10-,11+,12+,13+,14?,15?,16?,17?,18-,19+,20+,21?,23-,24+,25-,26+;/m00./s1. The Morgan fingerprint density at radius 1 is 0.341 bits per heavy atom. The number of aliphatic hydroxyl groups excluding tert-OH is 24. The van der Waals surface area contributed by atoms with Crippen molar-refractivity contribution < 1.29 is 257 Å². The Bertz CT molecular complexity index is 3920. The molecule has 1 amide bonds. The van der Waals surface area contributed by atoms with E-state index in [4.69, 9.17) is 91.0 Å². The Morgan fingerprint density at radius 2 is 0.585 bits per heavy atom. The van der Waals surface area contributed by atoms with E-state index in [2.05, 4.69) is 5.32 Å². The van der Waals surface area contributed by atoms with Gasteiger partial charge in [0.15, 0.2) is 62.5 Å². The first-order valence-electron chi connectivity index (χ1n) is 42.1. The first kappa shape index (κ1) is 113. The van der Waals surface area contributed by atoms with Crippen LogP contribution >= 0.6 is 0 Å². The summed E-state index contributed by atoms with van der Waals surface area (Å²) in [4.78, 5) is 89.4. The maximum Gasteiger partial charge on any atom is 0.335 e. The molecule has 8 aliphatic rings. The van der Waals surface area contributed by atoms with Crippen LogP contribution in [0.3, 0.4) is 0 Å². The number of aliphatic hydroxyl groups is 24. The fourth-order valence-corrected chi connectivity index (χ4v) is 14.8. The van der Waals surface area contributed by atoms with E-state index in [9.17, 15) is 182 Å². The summed E-state index contributed by atoms with van der Waals surface area (Å²) in [7, 11) is 0. The number of nitrogens with two attached hydrogens (primary N) is 1. The van der Waals surface area contributed by atoms with Crippen LogP contribution in [0.1, 0.15) is 58.3 Å². The number of ketones is 1. The molecule has 58 nitrogen and oxygen atoms in total. The monoisotopic (exact) mass is 1960 g/mol. The van der Waals surface area contributed by atoms with Crippen LogP contribution in [0.4, 0.5) is 11.4 Å². The second-order valence-corrected chi connectivity index (χ2v) is 31.8. The van der Waals surface area contributed by atoms with Crippen LogP contribution in [-0.4, -0.2) is 490 Å². The number of nitrogens with zero attached hydrogens (tertiary/aromatic N) is 2. The van der Waals surface area contributed by atoms with E-state index in [1.807, 2.05) is 0 Å². The Hall–Kier alpha value is -7.38. The Morgan fingerprint density at radius 3 is 0.844 bits per heavy atom. The molecule has 29 N–H and O–H groups in total. The first-order chi connectivity index (χ1) is 64.0. The molecule has 0 saturated carbocycles. The average Bonchev–Trinajstić information content (AvgIpc) is 0.434. The first-order valence-corrected chi connectivity index (χ1v) is 42.1. The van der Waals surface area contributed by atoms with E-state index in [1.54, 1.807) is 0 Å². The third kappa shape index (κ3) is 29.6. The Balaban J connectivity index is 0.000000263. The Kier molecular flexibility index (Phi) is 44.6. The van der Waals surface area contributed by atoms with Crippen molar-refractivity contribution in [3.63, 3.8) is 0 Å². The molecule has 2 aromatic rings. The molecule has 2 aromatic carbocycles. The number of carboxylic acid groups (broad SMARTS) is 2. The van der Waals surface area contributed by atoms with E-state index in [-0.39, 0.29) is 80.1 Å². The molecule has 135 heavy (non-hydrogen) atoms. The van der Waals surface area contributed by atoms with Crippen molar-refractivity contribution in [3.8, 4) is 11.5 Å². The molecule has 0 radical (unpaired) electrons. The third-order valence-electron chi connectivity index (χ3n) is 22.2. The van der Waals surface area contributed by atoms with Crippen LogP contribution in [0.5, 0.6) is 11.5 Å². The SMILES string of the molecule is CC(=O)CCCCC(=O)NCCO[C@H]1OC(CO)[C@H](O[C@H]2OC(CO)[C@@H](O[C@@H]3OC(CO)[C@@H](O[C@@H]4OC(C(=O)O)[C@@H](O)[C@H](O)C4O)[C@H](O)C3O)[C@H](O)C2O)[C@H](O)C1O.NCCO[C@H]1OC(CO)[C@H](O[C@H]2OC(CO)[C@@H](O[C@@H]3OC(CO)[C@@H](O[C@@H]4OC(C(=O)O)[C@@H](O)[C@H](O)C4O)[C@H](O)C3O)[C@H](O)C2O)[C@H](O)C1O.O=C(CCCCC(=O)Oc1ccc([N+](=O)[O-])cc1)Oc1ccc([N+](=O)[O-])cc1. The number of esters is 2. The van der Waals surface area contributed by atoms with Gasteiger partial charge >= 0.3 is 23.9 Å². The number of nitro benzene ring substituents is 2. The van der Waals surface area contributed by atoms with Gasteiger partial charge in [-0.2, -0.15) is 0 Å². The number of rotatable bonds is 41. The molecule has 768 valence electrons. The number of benzene rings is 2. The normalized spacial score (nSPS) is 38.7.